The van der Waals surface area contributed by atoms with Gasteiger partial charge in [-0.3, -0.25) is 0 Å². The van der Waals surface area contributed by atoms with Gasteiger partial charge in [0.25, 0.3) is 0 Å². The third-order valence-electron chi connectivity index (χ3n) is 3.07. The van der Waals surface area contributed by atoms with E-state index in [1.165, 1.54) is 6.08 Å². The van der Waals surface area contributed by atoms with Crippen LogP contribution in [-0.4, -0.2) is 42.0 Å². The predicted octanol–water partition coefficient (Wildman–Crippen LogP) is 2.95. The molecule has 1 aromatic carbocycles. The van der Waals surface area contributed by atoms with Crippen LogP contribution in [0, 0.1) is 0 Å². The Hall–Kier alpha value is -3.13. The number of oxazole rings is 1. The molecule has 0 bridgehead atoms. The molecule has 0 saturated heterocycles. The summed E-state index contributed by atoms with van der Waals surface area (Å²) in [7, 11) is 3.25. The number of hydrogen-bond acceptors (Lipinski definition) is 7. The number of methoxy groups -OCH3 is 1. The van der Waals surface area contributed by atoms with E-state index in [2.05, 4.69) is 9.72 Å². The van der Waals surface area contributed by atoms with E-state index in [1.54, 1.807) is 52.3 Å². The Balaban J connectivity index is 0.000000758. The lowest BCUT2D eigenvalue weighted by atomic mass is 10.1. The molecule has 0 aliphatic carbocycles. The van der Waals surface area contributed by atoms with E-state index in [1.807, 2.05) is 0 Å². The van der Waals surface area contributed by atoms with Gasteiger partial charge >= 0.3 is 11.9 Å². The van der Waals surface area contributed by atoms with Crippen LogP contribution in [0.25, 0.3) is 17.2 Å². The Morgan fingerprint density at radius 3 is 2.42 bits per heavy atom. The third kappa shape index (κ3) is 4.70. The maximum atomic E-state index is 11.6. The normalized spacial score (nSPS) is 15.1. The van der Waals surface area contributed by atoms with Gasteiger partial charge in [-0.2, -0.15) is 0 Å². The summed E-state index contributed by atoms with van der Waals surface area (Å²) < 4.78 is 20.1. The summed E-state index contributed by atoms with van der Waals surface area (Å²) >= 11 is 0. The van der Waals surface area contributed by atoms with Crippen LogP contribution >= 0.6 is 0 Å². The minimum Gasteiger partial charge on any atom is -0.476 e. The number of ether oxygens (including phenoxy) is 3. The lowest BCUT2D eigenvalue weighted by Crippen LogP contribution is -2.33. The van der Waals surface area contributed by atoms with E-state index in [0.717, 1.165) is 6.26 Å². The van der Waals surface area contributed by atoms with Crippen molar-refractivity contribution in [2.45, 2.75) is 19.6 Å². The fraction of sp³-hybridized carbons (Fsp3) is 0.278. The summed E-state index contributed by atoms with van der Waals surface area (Å²) in [4.78, 5) is 26.4. The van der Waals surface area contributed by atoms with Gasteiger partial charge in [-0.15, -0.1) is 0 Å². The molecule has 1 aromatic heterocycles. The molecule has 1 aliphatic heterocycles. The quantitative estimate of drug-likeness (QED) is 0.831. The smallest absolute Gasteiger partial charge is 0.357 e. The van der Waals surface area contributed by atoms with Crippen molar-refractivity contribution in [2.24, 2.45) is 0 Å². The highest BCUT2D eigenvalue weighted by molar-refractivity contribution is 5.91. The zero-order valence-electron chi connectivity index (χ0n) is 14.8. The molecule has 2 aromatic rings. The third-order valence-corrected chi connectivity index (χ3v) is 3.07. The molecule has 0 radical (unpaired) electrons. The van der Waals surface area contributed by atoms with Gasteiger partial charge in [0.05, 0.1) is 6.08 Å². The number of nitrogens with zero attached hydrogens (tertiary/aromatic N) is 1. The van der Waals surface area contributed by atoms with E-state index >= 15 is 0 Å². The molecule has 0 unspecified atom stereocenters. The standard InChI is InChI=1S/C16H13NO6.C2H6O/c1-16(2)22-12(7-13(18)23-16)9-4-3-5-10(6-9)14-17-11(8-21-14)15(19)20;1-3-2/h3-8H,1-2H3,(H,19,20);1-2H3. The molecule has 0 amide bonds. The second-order valence-electron chi connectivity index (χ2n) is 5.76. The Kier molecular flexibility index (Phi) is 5.78. The zero-order valence-corrected chi connectivity index (χ0v) is 14.8. The SMILES string of the molecule is CC1(C)OC(=O)C=C(c2cccc(-c3nc(C(=O)O)co3)c2)O1.COC. The maximum absolute atomic E-state index is 11.6. The van der Waals surface area contributed by atoms with Crippen molar-refractivity contribution in [3.05, 3.63) is 47.9 Å². The molecule has 0 saturated carbocycles. The number of rotatable bonds is 3. The molecule has 1 N–H and O–H groups in total. The maximum Gasteiger partial charge on any atom is 0.357 e. The van der Waals surface area contributed by atoms with Crippen LogP contribution in [-0.2, 0) is 19.0 Å². The largest absolute Gasteiger partial charge is 0.476 e. The van der Waals surface area contributed by atoms with Crippen molar-refractivity contribution in [3.63, 3.8) is 0 Å². The van der Waals surface area contributed by atoms with Gasteiger partial charge in [0.2, 0.25) is 11.7 Å². The molecule has 3 rings (SSSR count). The number of carbonyl (C=O) groups is 2. The van der Waals surface area contributed by atoms with Crippen LogP contribution < -0.4 is 0 Å². The van der Waals surface area contributed by atoms with E-state index in [-0.39, 0.29) is 11.6 Å². The molecular formula is C18H19NO7. The molecule has 2 heterocycles. The minimum atomic E-state index is -1.17. The van der Waals surface area contributed by atoms with Crippen LogP contribution in [0.15, 0.2) is 41.0 Å². The van der Waals surface area contributed by atoms with Crippen LogP contribution in [0.4, 0.5) is 0 Å². The van der Waals surface area contributed by atoms with E-state index in [0.29, 0.717) is 16.9 Å². The summed E-state index contributed by atoms with van der Waals surface area (Å²) in [6, 6.07) is 6.89. The van der Waals surface area contributed by atoms with Gasteiger partial charge in [-0.05, 0) is 12.1 Å². The van der Waals surface area contributed by atoms with E-state index in [9.17, 15) is 9.59 Å². The summed E-state index contributed by atoms with van der Waals surface area (Å²) in [5.41, 5.74) is 1.02. The molecule has 26 heavy (non-hydrogen) atoms. The predicted molar refractivity (Wildman–Crippen MR) is 91.1 cm³/mol. The van der Waals surface area contributed by atoms with Crippen molar-refractivity contribution < 1.29 is 33.3 Å². The van der Waals surface area contributed by atoms with Gasteiger partial charge in [-0.25, -0.2) is 14.6 Å². The first kappa shape index (κ1) is 19.2. The number of carbonyl (C=O) groups excluding carboxylic acids is 1. The molecule has 1 aliphatic rings. The van der Waals surface area contributed by atoms with Gasteiger partial charge in [-0.1, -0.05) is 12.1 Å². The number of aromatic nitrogens is 1. The van der Waals surface area contributed by atoms with Crippen molar-refractivity contribution in [1.82, 2.24) is 4.98 Å². The fourth-order valence-corrected chi connectivity index (χ4v) is 2.15. The summed E-state index contributed by atoms with van der Waals surface area (Å²) in [5.74, 6) is -2.19. The van der Waals surface area contributed by atoms with E-state index < -0.39 is 17.7 Å². The van der Waals surface area contributed by atoms with Crippen molar-refractivity contribution in [2.75, 3.05) is 14.2 Å². The minimum absolute atomic E-state index is 0.169. The number of cyclic esters (lactones) is 1. The van der Waals surface area contributed by atoms with Crippen LogP contribution in [0.3, 0.4) is 0 Å². The van der Waals surface area contributed by atoms with Gasteiger partial charge in [0.15, 0.2) is 5.69 Å². The molecule has 0 fully saturated rings. The van der Waals surface area contributed by atoms with Crippen molar-refractivity contribution in [1.29, 1.82) is 0 Å². The van der Waals surface area contributed by atoms with Crippen LogP contribution in [0.1, 0.15) is 29.9 Å². The van der Waals surface area contributed by atoms with Gasteiger partial charge in [0, 0.05) is 39.2 Å². The Morgan fingerprint density at radius 2 is 1.85 bits per heavy atom. The first-order valence-electron chi connectivity index (χ1n) is 7.59. The summed E-state index contributed by atoms with van der Waals surface area (Å²) in [5, 5.41) is 8.89. The lowest BCUT2D eigenvalue weighted by molar-refractivity contribution is -0.193. The number of hydrogen-bond donors (Lipinski definition) is 1. The monoisotopic (exact) mass is 361 g/mol. The average molecular weight is 361 g/mol. The number of esters is 1. The van der Waals surface area contributed by atoms with E-state index in [4.69, 9.17) is 19.0 Å². The van der Waals surface area contributed by atoms with Crippen molar-refractivity contribution >= 4 is 17.7 Å². The molecule has 138 valence electrons. The number of carboxylic acid groups (broad SMARTS) is 1. The number of carboxylic acids is 1. The molecule has 0 atom stereocenters. The fourth-order valence-electron chi connectivity index (χ4n) is 2.15. The highest BCUT2D eigenvalue weighted by Crippen LogP contribution is 2.30. The summed E-state index contributed by atoms with van der Waals surface area (Å²) in [6.45, 7) is 3.27. The second kappa shape index (κ2) is 7.83. The zero-order chi connectivity index (χ0) is 19.3. The molecule has 8 nitrogen and oxygen atoms in total. The summed E-state index contributed by atoms with van der Waals surface area (Å²) in [6.07, 6.45) is 2.32. The van der Waals surface area contributed by atoms with Crippen molar-refractivity contribution in [3.8, 4) is 11.5 Å². The number of aromatic carboxylic acids is 1. The van der Waals surface area contributed by atoms with Crippen LogP contribution in [0.5, 0.6) is 0 Å². The molecular weight excluding hydrogens is 342 g/mol. The highest BCUT2D eigenvalue weighted by Gasteiger charge is 2.30. The first-order valence-corrected chi connectivity index (χ1v) is 7.59. The average Bonchev–Trinajstić information content (AvgIpc) is 3.04. The highest BCUT2D eigenvalue weighted by atomic mass is 16.7. The Morgan fingerprint density at radius 1 is 1.19 bits per heavy atom. The Bertz CT molecular complexity index is 836. The molecule has 0 spiro atoms. The molecule has 8 heteroatoms. The van der Waals surface area contributed by atoms with Crippen LogP contribution in [0.2, 0.25) is 0 Å². The first-order chi connectivity index (χ1) is 12.3. The lowest BCUT2D eigenvalue weighted by Gasteiger charge is -2.30. The second-order valence-corrected chi connectivity index (χ2v) is 5.76. The van der Waals surface area contributed by atoms with Gasteiger partial charge < -0.3 is 23.7 Å². The number of benzene rings is 1. The Labute approximate surface area is 150 Å². The topological polar surface area (TPSA) is 108 Å². The van der Waals surface area contributed by atoms with Gasteiger partial charge in [0.1, 0.15) is 12.0 Å².